The zero-order valence-corrected chi connectivity index (χ0v) is 23.5. The van der Waals surface area contributed by atoms with Crippen molar-refractivity contribution in [1.82, 2.24) is 19.4 Å². The number of rotatable bonds is 9. The normalized spacial score (nSPS) is 21.6. The van der Waals surface area contributed by atoms with E-state index in [1.54, 1.807) is 24.7 Å². The van der Waals surface area contributed by atoms with E-state index in [2.05, 4.69) is 44.0 Å². The highest BCUT2D eigenvalue weighted by atomic mass is 35.5. The third-order valence-electron chi connectivity index (χ3n) is 7.32. The van der Waals surface area contributed by atoms with Gasteiger partial charge in [-0.15, -0.1) is 0 Å². The molecule has 0 radical (unpaired) electrons. The number of hydrogen-bond donors (Lipinski definition) is 0. The van der Waals surface area contributed by atoms with Crippen LogP contribution in [0.1, 0.15) is 11.1 Å². The molecular weight excluding hydrogens is 549 g/mol. The molecule has 0 unspecified atom stereocenters. The van der Waals surface area contributed by atoms with E-state index in [-0.39, 0.29) is 6.10 Å². The fraction of sp³-hybridized carbons (Fsp3) is 0.333. The maximum Gasteiger partial charge on any atom is 0.215 e. The average molecular weight is 581 g/mol. The number of piperazine rings is 1. The number of hydrogen-bond acceptors (Lipinski definition) is 7. The predicted octanol–water partition coefficient (Wildman–Crippen LogP) is 5.25. The molecule has 0 spiro atoms. The molecule has 0 saturated carbocycles. The van der Waals surface area contributed by atoms with Gasteiger partial charge >= 0.3 is 0 Å². The average Bonchev–Trinajstić information content (AvgIpc) is 3.64. The molecule has 8 nitrogen and oxygen atoms in total. The molecule has 6 rings (SSSR count). The van der Waals surface area contributed by atoms with Crippen LogP contribution in [0, 0.1) is 0 Å². The monoisotopic (exact) mass is 579 g/mol. The van der Waals surface area contributed by atoms with E-state index in [4.69, 9.17) is 37.4 Å². The Hall–Kier alpha value is -3.14. The Kier molecular flexibility index (Phi) is 8.22. The second-order valence-electron chi connectivity index (χ2n) is 10.1. The molecule has 2 saturated heterocycles. The first-order valence-electron chi connectivity index (χ1n) is 13.4. The van der Waals surface area contributed by atoms with E-state index in [0.29, 0.717) is 29.8 Å². The van der Waals surface area contributed by atoms with E-state index in [0.717, 1.165) is 44.0 Å². The minimum atomic E-state index is -1.07. The van der Waals surface area contributed by atoms with Crippen molar-refractivity contribution < 1.29 is 14.2 Å². The lowest BCUT2D eigenvalue weighted by atomic mass is 10.1. The van der Waals surface area contributed by atoms with Crippen LogP contribution in [0.15, 0.2) is 85.7 Å². The second kappa shape index (κ2) is 12.2. The molecule has 0 N–H and O–H groups in total. The Bertz CT molecular complexity index is 1380. The number of aromatic nitrogens is 3. The van der Waals surface area contributed by atoms with Crippen LogP contribution in [0.3, 0.4) is 0 Å². The van der Waals surface area contributed by atoms with Gasteiger partial charge in [-0.25, -0.2) is 4.98 Å². The summed E-state index contributed by atoms with van der Waals surface area (Å²) in [5.41, 5.74) is 3.23. The van der Waals surface area contributed by atoms with Crippen LogP contribution in [0.4, 0.5) is 5.69 Å². The van der Waals surface area contributed by atoms with Gasteiger partial charge in [-0.3, -0.25) is 9.88 Å². The Morgan fingerprint density at radius 2 is 1.73 bits per heavy atom. The zero-order valence-electron chi connectivity index (χ0n) is 22.0. The van der Waals surface area contributed by atoms with Crippen molar-refractivity contribution >= 4 is 28.9 Å². The van der Waals surface area contributed by atoms with Gasteiger partial charge in [-0.2, -0.15) is 0 Å². The summed E-state index contributed by atoms with van der Waals surface area (Å²) in [6.45, 7) is 6.12. The highest BCUT2D eigenvalue weighted by Crippen LogP contribution is 2.40. The molecule has 2 fully saturated rings. The largest absolute Gasteiger partial charge is 0.491 e. The lowest BCUT2D eigenvalue weighted by molar-refractivity contribution is -0.189. The van der Waals surface area contributed by atoms with Crippen LogP contribution in [0.5, 0.6) is 5.75 Å². The maximum atomic E-state index is 6.57. The summed E-state index contributed by atoms with van der Waals surface area (Å²) in [6.07, 6.45) is 8.75. The van der Waals surface area contributed by atoms with Crippen molar-refractivity contribution in [2.45, 2.75) is 25.0 Å². The molecule has 2 aliphatic rings. The predicted molar refractivity (Wildman–Crippen MR) is 155 cm³/mol. The quantitative estimate of drug-likeness (QED) is 0.268. The smallest absolute Gasteiger partial charge is 0.215 e. The minimum Gasteiger partial charge on any atom is -0.491 e. The summed E-state index contributed by atoms with van der Waals surface area (Å²) in [5, 5.41) is 1.04. The standard InChI is InChI=1S/C30H31Cl2N5O3/c31-24-1-6-28(29(32)17-24)30(21-36-12-11-34-22-36)39-20-27(40-30)19-38-26-4-2-25(3-5-26)37-15-13-35(14-16-37)18-23-7-9-33-10-8-23/h1-12,17,22,27H,13-16,18-21H2/t27-,30-/m1/s1. The summed E-state index contributed by atoms with van der Waals surface area (Å²) in [5.74, 6) is -0.278. The number of ether oxygens (including phenoxy) is 3. The van der Waals surface area contributed by atoms with Crippen LogP contribution in [-0.4, -0.2) is 64.9 Å². The lowest BCUT2D eigenvalue weighted by Gasteiger charge is -2.36. The fourth-order valence-electron chi connectivity index (χ4n) is 5.23. The van der Waals surface area contributed by atoms with Gasteiger partial charge in [0.2, 0.25) is 5.79 Å². The van der Waals surface area contributed by atoms with Gasteiger partial charge in [0.15, 0.2) is 0 Å². The van der Waals surface area contributed by atoms with Gasteiger partial charge in [0.05, 0.1) is 24.5 Å². The SMILES string of the molecule is Clc1ccc([C@]2(Cn3ccnc3)OC[C@@H](COc3ccc(N4CCN(Cc5ccncc5)CC4)cc3)O2)c(Cl)c1. The van der Waals surface area contributed by atoms with Gasteiger partial charge in [0.25, 0.3) is 0 Å². The fourth-order valence-corrected chi connectivity index (χ4v) is 5.78. The zero-order chi connectivity index (χ0) is 27.4. The van der Waals surface area contributed by atoms with Crippen molar-refractivity contribution in [1.29, 1.82) is 0 Å². The van der Waals surface area contributed by atoms with Crippen LogP contribution < -0.4 is 9.64 Å². The van der Waals surface area contributed by atoms with Gasteiger partial charge in [-0.05, 0) is 54.1 Å². The minimum absolute atomic E-state index is 0.275. The number of nitrogens with zero attached hydrogens (tertiary/aromatic N) is 5. The number of halogens is 2. The molecule has 40 heavy (non-hydrogen) atoms. The van der Waals surface area contributed by atoms with E-state index >= 15 is 0 Å². The molecule has 0 aliphatic carbocycles. The third kappa shape index (κ3) is 6.27. The summed E-state index contributed by atoms with van der Waals surface area (Å²) in [4.78, 5) is 13.2. The Morgan fingerprint density at radius 1 is 0.925 bits per heavy atom. The Morgan fingerprint density at radius 3 is 2.45 bits per heavy atom. The number of imidazole rings is 1. The molecule has 2 aromatic carbocycles. The lowest BCUT2D eigenvalue weighted by Crippen LogP contribution is -2.45. The van der Waals surface area contributed by atoms with Crippen LogP contribution in [0.2, 0.25) is 10.0 Å². The van der Waals surface area contributed by atoms with Crippen molar-refractivity contribution in [2.75, 3.05) is 44.3 Å². The summed E-state index contributed by atoms with van der Waals surface area (Å²) in [7, 11) is 0. The first kappa shape index (κ1) is 27.1. The summed E-state index contributed by atoms with van der Waals surface area (Å²) in [6, 6.07) is 17.8. The maximum absolute atomic E-state index is 6.57. The number of pyridine rings is 1. The van der Waals surface area contributed by atoms with E-state index in [1.807, 2.05) is 41.4 Å². The Labute approximate surface area is 244 Å². The van der Waals surface area contributed by atoms with Crippen molar-refractivity contribution in [2.24, 2.45) is 0 Å². The van der Waals surface area contributed by atoms with Crippen LogP contribution in [-0.2, 0) is 28.4 Å². The molecule has 208 valence electrons. The summed E-state index contributed by atoms with van der Waals surface area (Å²) >= 11 is 12.7. The molecule has 10 heteroatoms. The Balaban J connectivity index is 1.04. The van der Waals surface area contributed by atoms with E-state index in [9.17, 15) is 0 Å². The number of benzene rings is 2. The van der Waals surface area contributed by atoms with Crippen LogP contribution in [0.25, 0.3) is 0 Å². The van der Waals surface area contributed by atoms with E-state index < -0.39 is 5.79 Å². The van der Waals surface area contributed by atoms with Crippen LogP contribution >= 0.6 is 23.2 Å². The molecule has 2 aromatic heterocycles. The first-order valence-corrected chi connectivity index (χ1v) is 14.1. The number of anilines is 1. The van der Waals surface area contributed by atoms with Gasteiger partial charge in [0.1, 0.15) is 18.5 Å². The van der Waals surface area contributed by atoms with Gasteiger partial charge in [-0.1, -0.05) is 29.3 Å². The first-order chi connectivity index (χ1) is 19.6. The molecule has 4 heterocycles. The third-order valence-corrected chi connectivity index (χ3v) is 7.86. The highest BCUT2D eigenvalue weighted by molar-refractivity contribution is 6.35. The molecule has 0 amide bonds. The van der Waals surface area contributed by atoms with Crippen molar-refractivity contribution in [3.8, 4) is 5.75 Å². The van der Waals surface area contributed by atoms with Crippen molar-refractivity contribution in [3.63, 3.8) is 0 Å². The summed E-state index contributed by atoms with van der Waals surface area (Å²) < 4.78 is 20.8. The van der Waals surface area contributed by atoms with Gasteiger partial charge in [0, 0.05) is 73.8 Å². The molecule has 4 aromatic rings. The molecule has 0 bridgehead atoms. The van der Waals surface area contributed by atoms with Crippen molar-refractivity contribution in [3.05, 3.63) is 107 Å². The van der Waals surface area contributed by atoms with Gasteiger partial charge < -0.3 is 23.7 Å². The second-order valence-corrected chi connectivity index (χ2v) is 10.9. The highest BCUT2D eigenvalue weighted by Gasteiger charge is 2.45. The topological polar surface area (TPSA) is 64.9 Å². The molecule has 2 atom stereocenters. The molecular formula is C30H31Cl2N5O3. The molecule has 2 aliphatic heterocycles. The van der Waals surface area contributed by atoms with E-state index in [1.165, 1.54) is 11.3 Å².